The number of aliphatic hydroxyl groups excluding tert-OH is 1. The van der Waals surface area contributed by atoms with Crippen LogP contribution in [0.3, 0.4) is 0 Å². The summed E-state index contributed by atoms with van der Waals surface area (Å²) in [6.07, 6.45) is -0.896. The minimum absolute atomic E-state index is 0.231. The van der Waals surface area contributed by atoms with Crippen molar-refractivity contribution in [2.75, 3.05) is 13.2 Å². The van der Waals surface area contributed by atoms with Gasteiger partial charge in [0.15, 0.2) is 0 Å². The largest absolute Gasteiger partial charge is 0.462 e. The van der Waals surface area contributed by atoms with E-state index in [1.54, 1.807) is 13.8 Å². The predicted octanol–water partition coefficient (Wildman–Crippen LogP) is -0.527. The van der Waals surface area contributed by atoms with E-state index in [9.17, 15) is 9.59 Å². The molecule has 0 spiro atoms. The molecule has 0 radical (unpaired) electrons. The van der Waals surface area contributed by atoms with Crippen LogP contribution in [0, 0.1) is 5.41 Å². The molecule has 1 rings (SSSR count). The van der Waals surface area contributed by atoms with E-state index in [2.05, 4.69) is 0 Å². The molecule has 0 aliphatic carbocycles. The molecule has 1 atom stereocenters. The van der Waals surface area contributed by atoms with Crippen molar-refractivity contribution in [1.29, 1.82) is 0 Å². The number of carbonyl (C=O) groups is 2. The highest BCUT2D eigenvalue weighted by atomic mass is 16.6. The molecular formula is C8H12O5. The van der Waals surface area contributed by atoms with Crippen molar-refractivity contribution in [3.8, 4) is 0 Å². The van der Waals surface area contributed by atoms with Crippen LogP contribution in [0.5, 0.6) is 0 Å². The van der Waals surface area contributed by atoms with Crippen molar-refractivity contribution in [3.63, 3.8) is 0 Å². The van der Waals surface area contributed by atoms with E-state index >= 15 is 0 Å². The molecule has 1 aliphatic rings. The molecule has 0 aromatic carbocycles. The zero-order valence-electron chi connectivity index (χ0n) is 7.57. The van der Waals surface area contributed by atoms with Gasteiger partial charge in [-0.05, 0) is 0 Å². The fourth-order valence-electron chi connectivity index (χ4n) is 1.10. The quantitative estimate of drug-likeness (QED) is 0.590. The molecule has 5 nitrogen and oxygen atoms in total. The van der Waals surface area contributed by atoms with Gasteiger partial charge in [-0.25, -0.2) is 9.59 Å². The van der Waals surface area contributed by atoms with Crippen LogP contribution in [0.2, 0.25) is 0 Å². The van der Waals surface area contributed by atoms with Gasteiger partial charge in [0, 0.05) is 5.41 Å². The van der Waals surface area contributed by atoms with Crippen molar-refractivity contribution in [2.45, 2.75) is 20.0 Å². The lowest BCUT2D eigenvalue weighted by atomic mass is 9.90. The normalized spacial score (nSPS) is 25.5. The maximum absolute atomic E-state index is 11.1. The average Bonchev–Trinajstić information content (AvgIpc) is 2.31. The van der Waals surface area contributed by atoms with Gasteiger partial charge in [-0.3, -0.25) is 0 Å². The second-order valence-electron chi connectivity index (χ2n) is 3.62. The second kappa shape index (κ2) is 3.33. The van der Waals surface area contributed by atoms with E-state index in [0.717, 1.165) is 0 Å². The van der Waals surface area contributed by atoms with Gasteiger partial charge in [0.25, 0.3) is 0 Å². The fourth-order valence-corrected chi connectivity index (χ4v) is 1.10. The van der Waals surface area contributed by atoms with Gasteiger partial charge >= 0.3 is 11.9 Å². The number of rotatable bonds is 2. The van der Waals surface area contributed by atoms with E-state index < -0.39 is 30.1 Å². The molecule has 1 heterocycles. The standard InChI is InChI=1S/C8H12O5/c1-8(2)4-12-7(11)6(8)13-5(10)3-9/h6,9H,3-4H2,1-2H3/t6-/m0/s1. The highest BCUT2D eigenvalue weighted by molar-refractivity contribution is 5.82. The fraction of sp³-hybridized carbons (Fsp3) is 0.750. The Kier molecular flexibility index (Phi) is 2.56. The predicted molar refractivity (Wildman–Crippen MR) is 41.7 cm³/mol. The topological polar surface area (TPSA) is 72.8 Å². The highest BCUT2D eigenvalue weighted by Gasteiger charge is 2.46. The summed E-state index contributed by atoms with van der Waals surface area (Å²) >= 11 is 0. The molecule has 0 aromatic rings. The van der Waals surface area contributed by atoms with Crippen molar-refractivity contribution < 1.29 is 24.2 Å². The van der Waals surface area contributed by atoms with E-state index in [-0.39, 0.29) is 6.61 Å². The van der Waals surface area contributed by atoms with E-state index in [1.807, 2.05) is 0 Å². The first-order valence-corrected chi connectivity index (χ1v) is 3.94. The van der Waals surface area contributed by atoms with Crippen molar-refractivity contribution in [3.05, 3.63) is 0 Å². The summed E-state index contributed by atoms with van der Waals surface area (Å²) in [6, 6.07) is 0. The monoisotopic (exact) mass is 188 g/mol. The van der Waals surface area contributed by atoms with Gasteiger partial charge in [-0.2, -0.15) is 0 Å². The SMILES string of the molecule is CC1(C)COC(=O)[C@@H]1OC(=O)CO. The third kappa shape index (κ3) is 1.98. The van der Waals surface area contributed by atoms with E-state index in [1.165, 1.54) is 0 Å². The molecule has 13 heavy (non-hydrogen) atoms. The number of ether oxygens (including phenoxy) is 2. The summed E-state index contributed by atoms with van der Waals surface area (Å²) in [7, 11) is 0. The van der Waals surface area contributed by atoms with Crippen LogP contribution in [-0.2, 0) is 19.1 Å². The molecule has 1 N–H and O–H groups in total. The van der Waals surface area contributed by atoms with Crippen LogP contribution >= 0.6 is 0 Å². The summed E-state index contributed by atoms with van der Waals surface area (Å²) in [5.41, 5.74) is -0.512. The van der Waals surface area contributed by atoms with Crippen LogP contribution < -0.4 is 0 Å². The van der Waals surface area contributed by atoms with Gasteiger partial charge in [0.2, 0.25) is 6.10 Å². The summed E-state index contributed by atoms with van der Waals surface area (Å²) in [6.45, 7) is 3.02. The van der Waals surface area contributed by atoms with Crippen LogP contribution in [0.15, 0.2) is 0 Å². The van der Waals surface area contributed by atoms with Crippen LogP contribution in [-0.4, -0.2) is 36.4 Å². The number of esters is 2. The Bertz CT molecular complexity index is 233. The Morgan fingerprint density at radius 2 is 2.38 bits per heavy atom. The van der Waals surface area contributed by atoms with Crippen molar-refractivity contribution in [2.24, 2.45) is 5.41 Å². The zero-order chi connectivity index (χ0) is 10.1. The Morgan fingerprint density at radius 1 is 1.77 bits per heavy atom. The smallest absolute Gasteiger partial charge is 0.348 e. The van der Waals surface area contributed by atoms with Gasteiger partial charge in [0.1, 0.15) is 13.2 Å². The number of aliphatic hydroxyl groups is 1. The van der Waals surface area contributed by atoms with Crippen molar-refractivity contribution >= 4 is 11.9 Å². The minimum atomic E-state index is -0.896. The first-order chi connectivity index (χ1) is 5.97. The molecule has 0 unspecified atom stereocenters. The molecule has 1 fully saturated rings. The first-order valence-electron chi connectivity index (χ1n) is 3.94. The molecular weight excluding hydrogens is 176 g/mol. The lowest BCUT2D eigenvalue weighted by molar-refractivity contribution is -0.165. The molecule has 0 amide bonds. The van der Waals surface area contributed by atoms with Gasteiger partial charge < -0.3 is 14.6 Å². The van der Waals surface area contributed by atoms with E-state index in [0.29, 0.717) is 0 Å². The molecule has 1 aliphatic heterocycles. The third-order valence-corrected chi connectivity index (χ3v) is 1.89. The summed E-state index contributed by atoms with van der Waals surface area (Å²) in [5, 5.41) is 8.42. The van der Waals surface area contributed by atoms with Crippen LogP contribution in [0.1, 0.15) is 13.8 Å². The van der Waals surface area contributed by atoms with Gasteiger partial charge in [-0.1, -0.05) is 13.8 Å². The summed E-state index contributed by atoms with van der Waals surface area (Å²) in [5.74, 6) is -1.36. The highest BCUT2D eigenvalue weighted by Crippen LogP contribution is 2.30. The number of hydrogen-bond donors (Lipinski definition) is 1. The Morgan fingerprint density at radius 3 is 2.77 bits per heavy atom. The Labute approximate surface area is 75.6 Å². The number of hydrogen-bond acceptors (Lipinski definition) is 5. The van der Waals surface area contributed by atoms with E-state index in [4.69, 9.17) is 14.6 Å². The van der Waals surface area contributed by atoms with Gasteiger partial charge in [-0.15, -0.1) is 0 Å². The lowest BCUT2D eigenvalue weighted by Gasteiger charge is -2.20. The Balaban J connectivity index is 2.66. The lowest BCUT2D eigenvalue weighted by Crippen LogP contribution is -2.35. The second-order valence-corrected chi connectivity index (χ2v) is 3.62. The molecule has 74 valence electrons. The first kappa shape index (κ1) is 9.98. The number of cyclic esters (lactones) is 1. The molecule has 1 saturated heterocycles. The zero-order valence-corrected chi connectivity index (χ0v) is 7.57. The Hall–Kier alpha value is -1.10. The summed E-state index contributed by atoms with van der Waals surface area (Å²) in [4.78, 5) is 21.8. The minimum Gasteiger partial charge on any atom is -0.462 e. The number of carbonyl (C=O) groups excluding carboxylic acids is 2. The summed E-state index contributed by atoms with van der Waals surface area (Å²) < 4.78 is 9.45. The maximum Gasteiger partial charge on any atom is 0.348 e. The third-order valence-electron chi connectivity index (χ3n) is 1.89. The molecule has 0 aromatic heterocycles. The average molecular weight is 188 g/mol. The molecule has 0 bridgehead atoms. The molecule has 5 heteroatoms. The van der Waals surface area contributed by atoms with Crippen LogP contribution in [0.25, 0.3) is 0 Å². The maximum atomic E-state index is 11.1. The molecule has 0 saturated carbocycles. The van der Waals surface area contributed by atoms with Gasteiger partial charge in [0.05, 0.1) is 0 Å². The van der Waals surface area contributed by atoms with Crippen LogP contribution in [0.4, 0.5) is 0 Å². The van der Waals surface area contributed by atoms with Crippen molar-refractivity contribution in [1.82, 2.24) is 0 Å².